The number of alkyl halides is 1. The Kier molecular flexibility index (Phi) is 5.52. The second kappa shape index (κ2) is 6.68. The van der Waals surface area contributed by atoms with Gasteiger partial charge in [0, 0.05) is 25.5 Å². The smallest absolute Gasteiger partial charge is 0.234 e. The van der Waals surface area contributed by atoms with Crippen LogP contribution in [0.1, 0.15) is 20.3 Å². The Hall–Kier alpha value is -0.840. The summed E-state index contributed by atoms with van der Waals surface area (Å²) < 4.78 is 2.00. The number of nitrogens with one attached hydrogen (secondary N) is 1. The van der Waals surface area contributed by atoms with Gasteiger partial charge in [-0.3, -0.25) is 4.79 Å². The van der Waals surface area contributed by atoms with Crippen molar-refractivity contribution in [3.8, 4) is 0 Å². The van der Waals surface area contributed by atoms with Gasteiger partial charge < -0.3 is 9.88 Å². The average Bonchev–Trinajstić information content (AvgIpc) is 2.75. The molecule has 0 fully saturated rings. The van der Waals surface area contributed by atoms with Crippen LogP contribution < -0.4 is 5.32 Å². The Bertz CT molecular complexity index is 311. The van der Waals surface area contributed by atoms with Crippen molar-refractivity contribution >= 4 is 21.8 Å². The first-order chi connectivity index (χ1) is 7.61. The minimum absolute atomic E-state index is 0.0700. The summed E-state index contributed by atoms with van der Waals surface area (Å²) in [5, 5.41) is 2.91. The molecule has 1 rings (SSSR count). The molecule has 0 aliphatic heterocycles. The summed E-state index contributed by atoms with van der Waals surface area (Å²) >= 11 is 3.37. The maximum absolute atomic E-state index is 11.6. The van der Waals surface area contributed by atoms with Crippen LogP contribution in [0.25, 0.3) is 0 Å². The molecule has 90 valence electrons. The average molecular weight is 288 g/mol. The Morgan fingerprint density at radius 1 is 1.56 bits per heavy atom. The SMILES string of the molecule is CC(C)C(Br)C(=O)NCCCn1ccnc1. The first-order valence-electron chi connectivity index (χ1n) is 5.48. The van der Waals surface area contributed by atoms with Gasteiger partial charge in [0.2, 0.25) is 5.91 Å². The topological polar surface area (TPSA) is 46.9 Å². The zero-order valence-corrected chi connectivity index (χ0v) is 11.3. The van der Waals surface area contributed by atoms with E-state index in [0.717, 1.165) is 13.0 Å². The van der Waals surface area contributed by atoms with Crippen LogP contribution in [0.5, 0.6) is 0 Å². The highest BCUT2D eigenvalue weighted by Gasteiger charge is 2.17. The molecule has 0 spiro atoms. The highest BCUT2D eigenvalue weighted by molar-refractivity contribution is 9.10. The summed E-state index contributed by atoms with van der Waals surface area (Å²) in [5.41, 5.74) is 0. The van der Waals surface area contributed by atoms with E-state index < -0.39 is 0 Å². The number of hydrogen-bond acceptors (Lipinski definition) is 2. The molecule has 0 aliphatic rings. The van der Waals surface area contributed by atoms with E-state index in [0.29, 0.717) is 12.5 Å². The molecule has 1 atom stereocenters. The Morgan fingerprint density at radius 2 is 2.31 bits per heavy atom. The van der Waals surface area contributed by atoms with Crippen molar-refractivity contribution in [2.24, 2.45) is 5.92 Å². The number of aromatic nitrogens is 2. The number of rotatable bonds is 6. The lowest BCUT2D eigenvalue weighted by Crippen LogP contribution is -2.34. The van der Waals surface area contributed by atoms with Crippen LogP contribution >= 0.6 is 15.9 Å². The van der Waals surface area contributed by atoms with Gasteiger partial charge in [0.1, 0.15) is 0 Å². The van der Waals surface area contributed by atoms with E-state index in [9.17, 15) is 4.79 Å². The van der Waals surface area contributed by atoms with Gasteiger partial charge in [0.05, 0.1) is 11.2 Å². The van der Waals surface area contributed by atoms with Crippen molar-refractivity contribution < 1.29 is 4.79 Å². The standard InChI is InChI=1S/C11H18BrN3O/c1-9(2)10(12)11(16)14-4-3-6-15-7-5-13-8-15/h5,7-10H,3-4,6H2,1-2H3,(H,14,16). The number of nitrogens with zero attached hydrogens (tertiary/aromatic N) is 2. The van der Waals surface area contributed by atoms with Crippen LogP contribution in [0.3, 0.4) is 0 Å². The Labute approximate surface area is 105 Å². The highest BCUT2D eigenvalue weighted by atomic mass is 79.9. The van der Waals surface area contributed by atoms with Crippen LogP contribution in [0.2, 0.25) is 0 Å². The molecule has 0 aromatic carbocycles. The van der Waals surface area contributed by atoms with Gasteiger partial charge in [-0.2, -0.15) is 0 Å². The molecule has 1 aromatic rings. The van der Waals surface area contributed by atoms with Crippen LogP contribution in [0.15, 0.2) is 18.7 Å². The third-order valence-corrected chi connectivity index (χ3v) is 3.76. The normalized spacial score (nSPS) is 12.8. The molecule has 4 nitrogen and oxygen atoms in total. The first kappa shape index (κ1) is 13.2. The van der Waals surface area contributed by atoms with E-state index in [4.69, 9.17) is 0 Å². The molecule has 0 radical (unpaired) electrons. The van der Waals surface area contributed by atoms with Crippen LogP contribution in [0, 0.1) is 5.92 Å². The molecular weight excluding hydrogens is 270 g/mol. The number of hydrogen-bond donors (Lipinski definition) is 1. The number of amides is 1. The van der Waals surface area contributed by atoms with Crippen molar-refractivity contribution in [1.82, 2.24) is 14.9 Å². The molecule has 0 saturated carbocycles. The Morgan fingerprint density at radius 3 is 2.88 bits per heavy atom. The van der Waals surface area contributed by atoms with Crippen molar-refractivity contribution in [2.75, 3.05) is 6.54 Å². The van der Waals surface area contributed by atoms with E-state index in [1.807, 2.05) is 24.6 Å². The molecule has 16 heavy (non-hydrogen) atoms. The highest BCUT2D eigenvalue weighted by Crippen LogP contribution is 2.11. The van der Waals surface area contributed by atoms with Gasteiger partial charge in [-0.15, -0.1) is 0 Å². The predicted molar refractivity (Wildman–Crippen MR) is 67.4 cm³/mol. The lowest BCUT2D eigenvalue weighted by molar-refractivity contribution is -0.121. The molecule has 1 unspecified atom stereocenters. The second-order valence-electron chi connectivity index (χ2n) is 4.09. The van der Waals surface area contributed by atoms with Gasteiger partial charge in [0.15, 0.2) is 0 Å². The molecule has 5 heteroatoms. The lowest BCUT2D eigenvalue weighted by atomic mass is 10.1. The minimum Gasteiger partial charge on any atom is -0.355 e. The summed E-state index contributed by atoms with van der Waals surface area (Å²) in [6.07, 6.45) is 6.37. The van der Waals surface area contributed by atoms with Gasteiger partial charge in [-0.05, 0) is 12.3 Å². The molecule has 1 amide bonds. The van der Waals surface area contributed by atoms with Gasteiger partial charge in [-0.1, -0.05) is 29.8 Å². The van der Waals surface area contributed by atoms with Gasteiger partial charge >= 0.3 is 0 Å². The number of imidazole rings is 1. The second-order valence-corrected chi connectivity index (χ2v) is 5.08. The number of halogens is 1. The summed E-state index contributed by atoms with van der Waals surface area (Å²) in [6, 6.07) is 0. The maximum atomic E-state index is 11.6. The maximum Gasteiger partial charge on any atom is 0.234 e. The zero-order valence-electron chi connectivity index (χ0n) is 9.69. The van der Waals surface area contributed by atoms with Crippen molar-refractivity contribution in [3.05, 3.63) is 18.7 Å². The zero-order chi connectivity index (χ0) is 12.0. The number of carbonyl (C=O) groups excluding carboxylic acids is 1. The fourth-order valence-corrected chi connectivity index (χ4v) is 1.45. The van der Waals surface area contributed by atoms with E-state index in [2.05, 4.69) is 26.2 Å². The van der Waals surface area contributed by atoms with Crippen molar-refractivity contribution in [2.45, 2.75) is 31.6 Å². The molecule has 1 aromatic heterocycles. The van der Waals surface area contributed by atoms with Crippen LogP contribution in [-0.4, -0.2) is 26.8 Å². The van der Waals surface area contributed by atoms with E-state index in [1.165, 1.54) is 0 Å². The molecule has 0 saturated heterocycles. The van der Waals surface area contributed by atoms with Crippen molar-refractivity contribution in [1.29, 1.82) is 0 Å². The molecule has 0 bridgehead atoms. The lowest BCUT2D eigenvalue weighted by Gasteiger charge is -2.13. The fourth-order valence-electron chi connectivity index (χ4n) is 1.29. The molecule has 1 heterocycles. The first-order valence-corrected chi connectivity index (χ1v) is 6.40. The molecular formula is C11H18BrN3O. The van der Waals surface area contributed by atoms with E-state index >= 15 is 0 Å². The van der Waals surface area contributed by atoms with Gasteiger partial charge in [-0.25, -0.2) is 4.98 Å². The fraction of sp³-hybridized carbons (Fsp3) is 0.636. The molecule has 1 N–H and O–H groups in total. The van der Waals surface area contributed by atoms with E-state index in [1.54, 1.807) is 12.5 Å². The van der Waals surface area contributed by atoms with Crippen LogP contribution in [-0.2, 0) is 11.3 Å². The van der Waals surface area contributed by atoms with Crippen LogP contribution in [0.4, 0.5) is 0 Å². The molecule has 0 aliphatic carbocycles. The Balaban J connectivity index is 2.13. The third-order valence-electron chi connectivity index (χ3n) is 2.29. The summed E-state index contributed by atoms with van der Waals surface area (Å²) in [5.74, 6) is 0.384. The minimum atomic E-state index is -0.0965. The van der Waals surface area contributed by atoms with Gasteiger partial charge in [0.25, 0.3) is 0 Å². The third kappa shape index (κ3) is 4.35. The predicted octanol–water partition coefficient (Wildman–Crippen LogP) is 1.81. The van der Waals surface area contributed by atoms with E-state index in [-0.39, 0.29) is 10.7 Å². The monoisotopic (exact) mass is 287 g/mol. The number of carbonyl (C=O) groups is 1. The quantitative estimate of drug-likeness (QED) is 0.641. The van der Waals surface area contributed by atoms with Crippen molar-refractivity contribution in [3.63, 3.8) is 0 Å². The summed E-state index contributed by atoms with van der Waals surface area (Å²) in [4.78, 5) is 15.4. The largest absolute Gasteiger partial charge is 0.355 e. The summed E-state index contributed by atoms with van der Waals surface area (Å²) in [7, 11) is 0. The summed E-state index contributed by atoms with van der Waals surface area (Å²) in [6.45, 7) is 5.62. The number of aryl methyl sites for hydroxylation is 1.